The van der Waals surface area contributed by atoms with Gasteiger partial charge in [0, 0.05) is 31.1 Å². The van der Waals surface area contributed by atoms with Gasteiger partial charge in [-0.1, -0.05) is 25.3 Å². The molecule has 5 nitrogen and oxygen atoms in total. The van der Waals surface area contributed by atoms with E-state index in [1.54, 1.807) is 0 Å². The standard InChI is InChI=1S/C25H30N4O/c1-5-17-14-25(15-18(17)6-2)11-10-19-20(29-12-8-7-9-22(29)30)13-21-24(23(19)27-25)26-16(3)28(21)4/h5-6,13,27H,1-2,7-12,14-15H2,3-4H3. The van der Waals surface area contributed by atoms with Crippen molar-refractivity contribution in [3.8, 4) is 0 Å². The number of fused-ring (bicyclic) bond motifs is 3. The lowest BCUT2D eigenvalue weighted by Crippen LogP contribution is -2.41. The van der Waals surface area contributed by atoms with Crippen molar-refractivity contribution in [2.45, 2.75) is 57.4 Å². The third-order valence-electron chi connectivity index (χ3n) is 7.31. The number of carbonyl (C=O) groups excluding carboxylic acids is 1. The highest BCUT2D eigenvalue weighted by Gasteiger charge is 2.41. The molecule has 0 saturated carbocycles. The average Bonchev–Trinajstić information content (AvgIpc) is 3.25. The van der Waals surface area contributed by atoms with Gasteiger partial charge in [0.2, 0.25) is 5.91 Å². The average molecular weight is 403 g/mol. The number of nitrogens with zero attached hydrogens (tertiary/aromatic N) is 3. The highest BCUT2D eigenvalue weighted by Crippen LogP contribution is 2.49. The molecule has 30 heavy (non-hydrogen) atoms. The van der Waals surface area contributed by atoms with Gasteiger partial charge in [-0.25, -0.2) is 4.98 Å². The molecule has 1 fully saturated rings. The Bertz CT molecular complexity index is 1100. The van der Waals surface area contributed by atoms with Crippen molar-refractivity contribution in [1.82, 2.24) is 9.55 Å². The number of hydrogen-bond acceptors (Lipinski definition) is 3. The molecule has 3 aliphatic rings. The van der Waals surface area contributed by atoms with E-state index in [2.05, 4.69) is 36.2 Å². The first-order valence-corrected chi connectivity index (χ1v) is 11.0. The summed E-state index contributed by atoms with van der Waals surface area (Å²) in [5.74, 6) is 1.23. The van der Waals surface area contributed by atoms with E-state index >= 15 is 0 Å². The number of aryl methyl sites for hydroxylation is 2. The third kappa shape index (κ3) is 2.75. The molecule has 1 aromatic heterocycles. The molecule has 2 aromatic rings. The molecule has 0 atom stereocenters. The van der Waals surface area contributed by atoms with E-state index in [1.165, 1.54) is 16.7 Å². The number of anilines is 2. The fourth-order valence-corrected chi connectivity index (χ4v) is 5.54. The molecule has 1 spiro atoms. The van der Waals surface area contributed by atoms with Gasteiger partial charge in [-0.2, -0.15) is 0 Å². The fraction of sp³-hybridized carbons (Fsp3) is 0.440. The summed E-state index contributed by atoms with van der Waals surface area (Å²) in [6.45, 7) is 10.9. The predicted octanol–water partition coefficient (Wildman–Crippen LogP) is 4.96. The van der Waals surface area contributed by atoms with Crippen LogP contribution < -0.4 is 10.2 Å². The maximum Gasteiger partial charge on any atom is 0.226 e. The van der Waals surface area contributed by atoms with Gasteiger partial charge < -0.3 is 14.8 Å². The normalized spacial score (nSPS) is 20.6. The van der Waals surface area contributed by atoms with Crippen LogP contribution in [0, 0.1) is 6.92 Å². The summed E-state index contributed by atoms with van der Waals surface area (Å²) >= 11 is 0. The number of benzene rings is 1. The smallest absolute Gasteiger partial charge is 0.226 e. The molecule has 0 radical (unpaired) electrons. The number of nitrogens with one attached hydrogen (secondary N) is 1. The van der Waals surface area contributed by atoms with Crippen molar-refractivity contribution in [3.05, 3.63) is 53.9 Å². The minimum absolute atomic E-state index is 0.0249. The van der Waals surface area contributed by atoms with Crippen molar-refractivity contribution in [1.29, 1.82) is 0 Å². The van der Waals surface area contributed by atoms with Gasteiger partial charge in [0.05, 0.1) is 16.9 Å². The highest BCUT2D eigenvalue weighted by molar-refractivity contribution is 6.02. The maximum atomic E-state index is 12.8. The number of hydrogen-bond donors (Lipinski definition) is 1. The SMILES string of the molecule is C=CC1=C(C=C)CC2(CCc3c(N4CCCCC4=O)cc4c(nc(C)n4C)c3N2)C1. The lowest BCUT2D eigenvalue weighted by molar-refractivity contribution is -0.119. The van der Waals surface area contributed by atoms with Gasteiger partial charge in [-0.05, 0) is 62.7 Å². The van der Waals surface area contributed by atoms with E-state index in [1.807, 2.05) is 24.0 Å². The van der Waals surface area contributed by atoms with E-state index in [4.69, 9.17) is 4.98 Å². The van der Waals surface area contributed by atoms with Crippen LogP contribution in [0.25, 0.3) is 11.0 Å². The van der Waals surface area contributed by atoms with Crippen LogP contribution in [0.5, 0.6) is 0 Å². The van der Waals surface area contributed by atoms with E-state index in [9.17, 15) is 4.79 Å². The van der Waals surface area contributed by atoms with Crippen LogP contribution in [0.2, 0.25) is 0 Å². The molecule has 0 unspecified atom stereocenters. The van der Waals surface area contributed by atoms with Crippen LogP contribution in [0.1, 0.15) is 49.9 Å². The number of piperidine rings is 1. The molecule has 1 aliphatic carbocycles. The third-order valence-corrected chi connectivity index (χ3v) is 7.31. The Labute approximate surface area is 178 Å². The largest absolute Gasteiger partial charge is 0.377 e. The van der Waals surface area contributed by atoms with Crippen molar-refractivity contribution in [3.63, 3.8) is 0 Å². The minimum atomic E-state index is -0.0249. The molecule has 0 bridgehead atoms. The Kier molecular flexibility index (Phi) is 4.38. The summed E-state index contributed by atoms with van der Waals surface area (Å²) in [6.07, 6.45) is 10.5. The summed E-state index contributed by atoms with van der Waals surface area (Å²) in [6, 6.07) is 2.19. The molecule has 1 aromatic carbocycles. The predicted molar refractivity (Wildman–Crippen MR) is 123 cm³/mol. The van der Waals surface area contributed by atoms with Gasteiger partial charge in [0.25, 0.3) is 0 Å². The highest BCUT2D eigenvalue weighted by atomic mass is 16.2. The molecular weight excluding hydrogens is 372 g/mol. The Balaban J connectivity index is 1.65. The summed E-state index contributed by atoms with van der Waals surface area (Å²) in [7, 11) is 2.06. The molecule has 2 aliphatic heterocycles. The second kappa shape index (κ2) is 6.86. The number of allylic oxidation sites excluding steroid dienone is 2. The number of imidazole rings is 1. The van der Waals surface area contributed by atoms with E-state index in [0.717, 1.165) is 73.3 Å². The minimum Gasteiger partial charge on any atom is -0.377 e. The molecule has 5 rings (SSSR count). The monoisotopic (exact) mass is 402 g/mol. The second-order valence-electron chi connectivity index (χ2n) is 9.06. The summed E-state index contributed by atoms with van der Waals surface area (Å²) in [4.78, 5) is 19.7. The number of amides is 1. The van der Waals surface area contributed by atoms with E-state index < -0.39 is 0 Å². The lowest BCUT2D eigenvalue weighted by Gasteiger charge is -2.40. The number of aromatic nitrogens is 2. The fourth-order valence-electron chi connectivity index (χ4n) is 5.54. The van der Waals surface area contributed by atoms with Gasteiger partial charge in [0.1, 0.15) is 11.3 Å². The van der Waals surface area contributed by atoms with Crippen molar-refractivity contribution >= 4 is 28.3 Å². The lowest BCUT2D eigenvalue weighted by atomic mass is 9.82. The van der Waals surface area contributed by atoms with Crippen LogP contribution in [-0.4, -0.2) is 27.5 Å². The van der Waals surface area contributed by atoms with Gasteiger partial charge in [-0.3, -0.25) is 4.79 Å². The second-order valence-corrected chi connectivity index (χ2v) is 9.06. The van der Waals surface area contributed by atoms with Crippen LogP contribution in [0.4, 0.5) is 11.4 Å². The molecule has 5 heteroatoms. The molecule has 3 heterocycles. The molecule has 1 amide bonds. The van der Waals surface area contributed by atoms with Gasteiger partial charge in [-0.15, -0.1) is 0 Å². The van der Waals surface area contributed by atoms with Crippen LogP contribution in [0.3, 0.4) is 0 Å². The zero-order valence-electron chi connectivity index (χ0n) is 18.1. The zero-order chi connectivity index (χ0) is 21.0. The van der Waals surface area contributed by atoms with Crippen LogP contribution in [-0.2, 0) is 18.3 Å². The maximum absolute atomic E-state index is 12.8. The van der Waals surface area contributed by atoms with Crippen molar-refractivity contribution in [2.75, 3.05) is 16.8 Å². The Morgan fingerprint density at radius 3 is 2.57 bits per heavy atom. The first-order chi connectivity index (χ1) is 14.5. The number of carbonyl (C=O) groups is 1. The van der Waals surface area contributed by atoms with Crippen molar-refractivity contribution in [2.24, 2.45) is 7.05 Å². The molecule has 1 saturated heterocycles. The first-order valence-electron chi connectivity index (χ1n) is 11.0. The summed E-state index contributed by atoms with van der Waals surface area (Å²) < 4.78 is 2.13. The van der Waals surface area contributed by atoms with Crippen LogP contribution >= 0.6 is 0 Å². The quantitative estimate of drug-likeness (QED) is 0.790. The first kappa shape index (κ1) is 19.2. The van der Waals surface area contributed by atoms with Crippen molar-refractivity contribution < 1.29 is 4.79 Å². The Hall–Kier alpha value is -2.82. The van der Waals surface area contributed by atoms with Gasteiger partial charge >= 0.3 is 0 Å². The molecular formula is C25H30N4O. The Morgan fingerprint density at radius 2 is 1.90 bits per heavy atom. The van der Waals surface area contributed by atoms with E-state index in [0.29, 0.717) is 6.42 Å². The summed E-state index contributed by atoms with van der Waals surface area (Å²) in [5.41, 5.74) is 8.09. The van der Waals surface area contributed by atoms with Gasteiger partial charge in [0.15, 0.2) is 0 Å². The Morgan fingerprint density at radius 1 is 1.17 bits per heavy atom. The van der Waals surface area contributed by atoms with E-state index in [-0.39, 0.29) is 11.4 Å². The summed E-state index contributed by atoms with van der Waals surface area (Å²) in [5, 5.41) is 3.93. The topological polar surface area (TPSA) is 50.2 Å². The molecule has 156 valence electrons. The zero-order valence-corrected chi connectivity index (χ0v) is 18.1. The molecule has 1 N–H and O–H groups in total. The van der Waals surface area contributed by atoms with Crippen LogP contribution in [0.15, 0.2) is 42.5 Å². The number of rotatable bonds is 3.